The average Bonchev–Trinajstić information content (AvgIpc) is 2.74. The zero-order valence-corrected chi connectivity index (χ0v) is 15.1. The van der Waals surface area contributed by atoms with Crippen molar-refractivity contribution in [3.8, 4) is 11.1 Å². The van der Waals surface area contributed by atoms with Crippen LogP contribution in [0.2, 0.25) is 0 Å². The molecule has 4 aromatic rings. The summed E-state index contributed by atoms with van der Waals surface area (Å²) < 4.78 is 40.6. The molecule has 0 aliphatic heterocycles. The van der Waals surface area contributed by atoms with E-state index in [1.807, 2.05) is 12.1 Å². The summed E-state index contributed by atoms with van der Waals surface area (Å²) in [5.41, 5.74) is 1.58. The van der Waals surface area contributed by atoms with Crippen molar-refractivity contribution in [2.45, 2.75) is 6.18 Å². The summed E-state index contributed by atoms with van der Waals surface area (Å²) >= 11 is 0. The highest BCUT2D eigenvalue weighted by Crippen LogP contribution is 2.39. The predicted octanol–water partition coefficient (Wildman–Crippen LogP) is 6.15. The zero-order chi connectivity index (χ0) is 20.4. The van der Waals surface area contributed by atoms with Crippen molar-refractivity contribution in [3.05, 3.63) is 102 Å². The standard InChI is InChI=1S/C23H15F3N2O/c24-23(25,26)19-13-7-12-17-20(15-8-3-1-4-9-15)18(14-27-22(17)19)21(28-29)16-10-5-2-6-11-16/h1-14,29H/b28-21-. The molecule has 0 aliphatic carbocycles. The van der Waals surface area contributed by atoms with E-state index in [-0.39, 0.29) is 11.2 Å². The summed E-state index contributed by atoms with van der Waals surface area (Å²) in [6.45, 7) is 0. The highest BCUT2D eigenvalue weighted by atomic mass is 19.4. The van der Waals surface area contributed by atoms with Crippen LogP contribution in [0.5, 0.6) is 0 Å². The predicted molar refractivity (Wildman–Crippen MR) is 106 cm³/mol. The maximum atomic E-state index is 13.5. The number of pyridine rings is 1. The Morgan fingerprint density at radius 3 is 2.10 bits per heavy atom. The van der Waals surface area contributed by atoms with E-state index in [9.17, 15) is 18.4 Å². The lowest BCUT2D eigenvalue weighted by Gasteiger charge is -2.17. The van der Waals surface area contributed by atoms with Crippen LogP contribution in [0.4, 0.5) is 13.2 Å². The molecule has 0 saturated carbocycles. The molecule has 1 N–H and O–H groups in total. The molecule has 144 valence electrons. The van der Waals surface area contributed by atoms with Gasteiger partial charge in [-0.15, -0.1) is 0 Å². The van der Waals surface area contributed by atoms with Gasteiger partial charge >= 0.3 is 6.18 Å². The Morgan fingerprint density at radius 1 is 0.828 bits per heavy atom. The van der Waals surface area contributed by atoms with E-state index in [0.29, 0.717) is 27.6 Å². The molecular formula is C23H15F3N2O. The second kappa shape index (κ2) is 7.39. The topological polar surface area (TPSA) is 45.5 Å². The molecule has 0 radical (unpaired) electrons. The van der Waals surface area contributed by atoms with Crippen LogP contribution >= 0.6 is 0 Å². The molecule has 0 bridgehead atoms. The quantitative estimate of drug-likeness (QED) is 0.258. The van der Waals surface area contributed by atoms with E-state index in [1.54, 1.807) is 54.6 Å². The number of hydrogen-bond donors (Lipinski definition) is 1. The third kappa shape index (κ3) is 3.45. The van der Waals surface area contributed by atoms with Gasteiger partial charge in [0.25, 0.3) is 0 Å². The fourth-order valence-corrected chi connectivity index (χ4v) is 3.41. The van der Waals surface area contributed by atoms with Crippen LogP contribution in [0.1, 0.15) is 16.7 Å². The lowest BCUT2D eigenvalue weighted by molar-refractivity contribution is -0.136. The lowest BCUT2D eigenvalue weighted by atomic mass is 9.91. The van der Waals surface area contributed by atoms with Gasteiger partial charge in [0.15, 0.2) is 0 Å². The van der Waals surface area contributed by atoms with Gasteiger partial charge in [-0.3, -0.25) is 4.98 Å². The average molecular weight is 392 g/mol. The van der Waals surface area contributed by atoms with Crippen LogP contribution in [-0.2, 0) is 6.18 Å². The van der Waals surface area contributed by atoms with E-state index in [2.05, 4.69) is 10.1 Å². The molecule has 1 heterocycles. The summed E-state index contributed by atoms with van der Waals surface area (Å²) in [5.74, 6) is 0. The fraction of sp³-hybridized carbons (Fsp3) is 0.0435. The zero-order valence-electron chi connectivity index (χ0n) is 15.1. The smallest absolute Gasteiger partial charge is 0.410 e. The number of oxime groups is 1. The Hall–Kier alpha value is -3.67. The van der Waals surface area contributed by atoms with Gasteiger partial charge in [0.1, 0.15) is 5.71 Å². The van der Waals surface area contributed by atoms with Crippen LogP contribution in [-0.4, -0.2) is 15.9 Å². The number of nitrogens with zero attached hydrogens (tertiary/aromatic N) is 2. The van der Waals surface area contributed by atoms with Crippen molar-refractivity contribution in [3.63, 3.8) is 0 Å². The van der Waals surface area contributed by atoms with Gasteiger partial charge in [0, 0.05) is 28.3 Å². The number of halogens is 3. The number of alkyl halides is 3. The molecular weight excluding hydrogens is 377 g/mol. The van der Waals surface area contributed by atoms with Crippen molar-refractivity contribution >= 4 is 16.6 Å². The summed E-state index contributed by atoms with van der Waals surface area (Å²) in [4.78, 5) is 4.12. The largest absolute Gasteiger partial charge is 0.418 e. The van der Waals surface area contributed by atoms with Gasteiger partial charge in [-0.2, -0.15) is 13.2 Å². The first-order valence-electron chi connectivity index (χ1n) is 8.83. The normalized spacial score (nSPS) is 12.3. The SMILES string of the molecule is O/N=C(/c1ccccc1)c1cnc2c(C(F)(F)F)cccc2c1-c1ccccc1. The monoisotopic (exact) mass is 392 g/mol. The molecule has 6 heteroatoms. The molecule has 3 nitrogen and oxygen atoms in total. The van der Waals surface area contributed by atoms with Crippen molar-refractivity contribution in [1.82, 2.24) is 4.98 Å². The van der Waals surface area contributed by atoms with E-state index >= 15 is 0 Å². The first-order valence-corrected chi connectivity index (χ1v) is 8.83. The van der Waals surface area contributed by atoms with Crippen LogP contribution in [0, 0.1) is 0 Å². The molecule has 29 heavy (non-hydrogen) atoms. The maximum absolute atomic E-state index is 13.5. The summed E-state index contributed by atoms with van der Waals surface area (Å²) in [6.07, 6.45) is -3.20. The van der Waals surface area contributed by atoms with Crippen LogP contribution in [0.15, 0.2) is 90.2 Å². The van der Waals surface area contributed by atoms with Crippen molar-refractivity contribution in [2.24, 2.45) is 5.16 Å². The van der Waals surface area contributed by atoms with Crippen molar-refractivity contribution in [2.75, 3.05) is 0 Å². The third-order valence-electron chi connectivity index (χ3n) is 4.67. The van der Waals surface area contributed by atoms with Gasteiger partial charge in [-0.05, 0) is 11.6 Å². The van der Waals surface area contributed by atoms with E-state index in [4.69, 9.17) is 0 Å². The number of aromatic nitrogens is 1. The number of benzene rings is 3. The molecule has 0 atom stereocenters. The van der Waals surface area contributed by atoms with Crippen LogP contribution in [0.25, 0.3) is 22.0 Å². The minimum absolute atomic E-state index is 0.145. The van der Waals surface area contributed by atoms with Gasteiger partial charge in [-0.1, -0.05) is 78.0 Å². The van der Waals surface area contributed by atoms with E-state index < -0.39 is 11.7 Å². The Morgan fingerprint density at radius 2 is 1.48 bits per heavy atom. The van der Waals surface area contributed by atoms with Crippen molar-refractivity contribution in [1.29, 1.82) is 0 Å². The minimum atomic E-state index is -4.53. The number of hydrogen-bond acceptors (Lipinski definition) is 3. The van der Waals surface area contributed by atoms with Gasteiger partial charge in [0.05, 0.1) is 11.1 Å². The van der Waals surface area contributed by atoms with E-state index in [1.165, 1.54) is 12.3 Å². The molecule has 0 fully saturated rings. The molecule has 4 rings (SSSR count). The molecule has 0 aliphatic rings. The minimum Gasteiger partial charge on any atom is -0.410 e. The Labute approximate surface area is 164 Å². The highest BCUT2D eigenvalue weighted by Gasteiger charge is 2.34. The number of fused-ring (bicyclic) bond motifs is 1. The first kappa shape index (κ1) is 18.7. The molecule has 3 aromatic carbocycles. The van der Waals surface area contributed by atoms with Crippen LogP contribution in [0.3, 0.4) is 0 Å². The fourth-order valence-electron chi connectivity index (χ4n) is 3.41. The Balaban J connectivity index is 2.09. The second-order valence-corrected chi connectivity index (χ2v) is 6.43. The summed E-state index contributed by atoms with van der Waals surface area (Å²) in [7, 11) is 0. The number of para-hydroxylation sites is 1. The molecule has 0 unspecified atom stereocenters. The second-order valence-electron chi connectivity index (χ2n) is 6.43. The lowest BCUT2D eigenvalue weighted by Crippen LogP contribution is -2.10. The molecule has 1 aromatic heterocycles. The molecule has 0 saturated heterocycles. The first-order chi connectivity index (χ1) is 14.0. The Bertz CT molecular complexity index is 1190. The Kier molecular flexibility index (Phi) is 4.76. The van der Waals surface area contributed by atoms with Gasteiger partial charge in [0.2, 0.25) is 0 Å². The summed E-state index contributed by atoms with van der Waals surface area (Å²) in [5, 5.41) is 13.5. The highest BCUT2D eigenvalue weighted by molar-refractivity contribution is 6.19. The van der Waals surface area contributed by atoms with E-state index in [0.717, 1.165) is 6.07 Å². The molecule has 0 amide bonds. The maximum Gasteiger partial charge on any atom is 0.418 e. The van der Waals surface area contributed by atoms with Crippen molar-refractivity contribution < 1.29 is 18.4 Å². The van der Waals surface area contributed by atoms with Gasteiger partial charge < -0.3 is 5.21 Å². The number of rotatable bonds is 3. The summed E-state index contributed by atoms with van der Waals surface area (Å²) in [6, 6.07) is 22.0. The van der Waals surface area contributed by atoms with Crippen LogP contribution < -0.4 is 0 Å². The third-order valence-corrected chi connectivity index (χ3v) is 4.67. The molecule has 0 spiro atoms. The van der Waals surface area contributed by atoms with Gasteiger partial charge in [-0.25, -0.2) is 0 Å².